The van der Waals surface area contributed by atoms with Crippen molar-refractivity contribution in [2.75, 3.05) is 6.61 Å². The van der Waals surface area contributed by atoms with Gasteiger partial charge >= 0.3 is 5.97 Å². The number of carboxylic acid groups (broad SMARTS) is 1. The first-order valence-corrected chi connectivity index (χ1v) is 5.41. The summed E-state index contributed by atoms with van der Waals surface area (Å²) < 4.78 is 7.15. The molecule has 1 aliphatic heterocycles. The summed E-state index contributed by atoms with van der Waals surface area (Å²) >= 11 is 0. The number of carbonyl (C=O) groups is 1. The number of rotatable bonds is 3. The van der Waals surface area contributed by atoms with E-state index in [2.05, 4.69) is 10.3 Å². The van der Waals surface area contributed by atoms with E-state index in [9.17, 15) is 4.79 Å². The molecule has 6 nitrogen and oxygen atoms in total. The second-order valence-electron chi connectivity index (χ2n) is 4.17. The zero-order valence-electron chi connectivity index (χ0n) is 9.38. The molecule has 0 saturated carbocycles. The Hall–Kier alpha value is -1.43. The second-order valence-corrected chi connectivity index (χ2v) is 4.17. The average molecular weight is 225 g/mol. The van der Waals surface area contributed by atoms with Crippen molar-refractivity contribution in [2.45, 2.75) is 38.8 Å². The summed E-state index contributed by atoms with van der Waals surface area (Å²) in [4.78, 5) is 11.0. The Morgan fingerprint density at radius 2 is 2.38 bits per heavy atom. The normalized spacial score (nSPS) is 20.6. The van der Waals surface area contributed by atoms with E-state index in [1.807, 2.05) is 13.8 Å². The number of ether oxygens (including phenoxy) is 1. The van der Waals surface area contributed by atoms with E-state index < -0.39 is 5.97 Å². The van der Waals surface area contributed by atoms with Gasteiger partial charge in [0.2, 0.25) is 0 Å². The van der Waals surface area contributed by atoms with Crippen LogP contribution in [0.2, 0.25) is 0 Å². The van der Waals surface area contributed by atoms with Gasteiger partial charge in [0.1, 0.15) is 11.8 Å². The maximum absolute atomic E-state index is 11.0. The Morgan fingerprint density at radius 1 is 1.62 bits per heavy atom. The molecule has 0 bridgehead atoms. The van der Waals surface area contributed by atoms with Crippen molar-refractivity contribution in [2.24, 2.45) is 0 Å². The first kappa shape index (κ1) is 11.1. The molecule has 1 saturated heterocycles. The van der Waals surface area contributed by atoms with E-state index in [-0.39, 0.29) is 17.8 Å². The molecule has 1 N–H and O–H groups in total. The Balaban J connectivity index is 2.44. The number of aromatic nitrogens is 3. The summed E-state index contributed by atoms with van der Waals surface area (Å²) in [6, 6.07) is 0.0831. The van der Waals surface area contributed by atoms with Crippen LogP contribution >= 0.6 is 0 Å². The smallest absolute Gasteiger partial charge is 0.358 e. The summed E-state index contributed by atoms with van der Waals surface area (Å²) in [6.07, 6.45) is 1.61. The van der Waals surface area contributed by atoms with Crippen LogP contribution in [0.3, 0.4) is 0 Å². The Labute approximate surface area is 93.2 Å². The maximum Gasteiger partial charge on any atom is 0.358 e. The highest BCUT2D eigenvalue weighted by Crippen LogP contribution is 2.31. The molecule has 2 rings (SSSR count). The van der Waals surface area contributed by atoms with Crippen LogP contribution < -0.4 is 0 Å². The van der Waals surface area contributed by atoms with Gasteiger partial charge < -0.3 is 9.84 Å². The lowest BCUT2D eigenvalue weighted by molar-refractivity contribution is 0.0671. The molecule has 0 amide bonds. The third-order valence-corrected chi connectivity index (χ3v) is 2.66. The Kier molecular flexibility index (Phi) is 2.91. The van der Waals surface area contributed by atoms with Crippen LogP contribution in [0.1, 0.15) is 55.0 Å². The van der Waals surface area contributed by atoms with Gasteiger partial charge in [-0.1, -0.05) is 5.21 Å². The number of aromatic carboxylic acids is 1. The lowest BCUT2D eigenvalue weighted by Gasteiger charge is -2.14. The molecular weight excluding hydrogens is 210 g/mol. The molecule has 6 heteroatoms. The largest absolute Gasteiger partial charge is 0.476 e. The first-order chi connectivity index (χ1) is 7.61. The molecule has 0 aliphatic carbocycles. The average Bonchev–Trinajstić information content (AvgIpc) is 2.85. The van der Waals surface area contributed by atoms with Crippen LogP contribution in [0.15, 0.2) is 0 Å². The summed E-state index contributed by atoms with van der Waals surface area (Å²) in [5.41, 5.74) is 0.612. The van der Waals surface area contributed by atoms with Gasteiger partial charge in [-0.2, -0.15) is 0 Å². The molecule has 88 valence electrons. The molecule has 16 heavy (non-hydrogen) atoms. The highest BCUT2D eigenvalue weighted by atomic mass is 16.5. The number of hydrogen-bond donors (Lipinski definition) is 1. The van der Waals surface area contributed by atoms with E-state index in [0.29, 0.717) is 12.3 Å². The van der Waals surface area contributed by atoms with E-state index in [4.69, 9.17) is 9.84 Å². The summed E-state index contributed by atoms with van der Waals surface area (Å²) in [7, 11) is 0. The lowest BCUT2D eigenvalue weighted by Crippen LogP contribution is -2.14. The standard InChI is InChI=1S/C10H15N3O3/c1-6(2)13-9(7-4-3-5-16-7)8(10(14)15)11-12-13/h6-7H,3-5H2,1-2H3,(H,14,15). The minimum absolute atomic E-state index is 0.0144. The fraction of sp³-hybridized carbons (Fsp3) is 0.700. The predicted molar refractivity (Wildman–Crippen MR) is 55.3 cm³/mol. The van der Waals surface area contributed by atoms with E-state index in [0.717, 1.165) is 12.8 Å². The van der Waals surface area contributed by atoms with Crippen LogP contribution in [-0.2, 0) is 4.74 Å². The Bertz CT molecular complexity index is 394. The monoisotopic (exact) mass is 225 g/mol. The molecule has 1 unspecified atom stereocenters. The van der Waals surface area contributed by atoms with Crippen LogP contribution in [-0.4, -0.2) is 32.7 Å². The summed E-state index contributed by atoms with van der Waals surface area (Å²) in [6.45, 7) is 4.56. The van der Waals surface area contributed by atoms with Crippen molar-refractivity contribution in [1.29, 1.82) is 0 Å². The van der Waals surface area contributed by atoms with Crippen LogP contribution in [0.25, 0.3) is 0 Å². The summed E-state index contributed by atoms with van der Waals surface area (Å²) in [5.74, 6) is -1.04. The fourth-order valence-corrected chi connectivity index (χ4v) is 1.93. The fourth-order valence-electron chi connectivity index (χ4n) is 1.93. The molecule has 1 aromatic rings. The van der Waals surface area contributed by atoms with Gasteiger partial charge in [0.05, 0.1) is 0 Å². The molecule has 1 atom stereocenters. The second kappa shape index (κ2) is 4.21. The third-order valence-electron chi connectivity index (χ3n) is 2.66. The van der Waals surface area contributed by atoms with Crippen LogP contribution in [0.4, 0.5) is 0 Å². The third kappa shape index (κ3) is 1.80. The van der Waals surface area contributed by atoms with Gasteiger partial charge in [0, 0.05) is 12.6 Å². The van der Waals surface area contributed by atoms with Gasteiger partial charge in [-0.3, -0.25) is 0 Å². The van der Waals surface area contributed by atoms with E-state index >= 15 is 0 Å². The highest BCUT2D eigenvalue weighted by molar-refractivity contribution is 5.86. The minimum Gasteiger partial charge on any atom is -0.476 e. The molecule has 0 radical (unpaired) electrons. The van der Waals surface area contributed by atoms with Gasteiger partial charge in [0.25, 0.3) is 0 Å². The zero-order valence-corrected chi connectivity index (χ0v) is 9.38. The van der Waals surface area contributed by atoms with Crippen LogP contribution in [0.5, 0.6) is 0 Å². The number of hydrogen-bond acceptors (Lipinski definition) is 4. The predicted octanol–water partition coefficient (Wildman–Crippen LogP) is 1.41. The number of nitrogens with zero attached hydrogens (tertiary/aromatic N) is 3. The Morgan fingerprint density at radius 3 is 2.88 bits per heavy atom. The minimum atomic E-state index is -1.04. The topological polar surface area (TPSA) is 77.2 Å². The quantitative estimate of drug-likeness (QED) is 0.841. The number of carboxylic acids is 1. The van der Waals surface area contributed by atoms with Crippen molar-refractivity contribution in [1.82, 2.24) is 15.0 Å². The van der Waals surface area contributed by atoms with Crippen molar-refractivity contribution in [3.8, 4) is 0 Å². The highest BCUT2D eigenvalue weighted by Gasteiger charge is 2.30. The van der Waals surface area contributed by atoms with Crippen LogP contribution in [0, 0.1) is 0 Å². The zero-order chi connectivity index (χ0) is 11.7. The molecule has 0 aromatic carbocycles. The molecule has 1 fully saturated rings. The molecule has 1 aromatic heterocycles. The first-order valence-electron chi connectivity index (χ1n) is 5.41. The maximum atomic E-state index is 11.0. The molecule has 0 spiro atoms. The SMILES string of the molecule is CC(C)n1nnc(C(=O)O)c1C1CCCO1. The molecule has 1 aliphatic rings. The van der Waals surface area contributed by atoms with Gasteiger partial charge in [-0.15, -0.1) is 5.10 Å². The van der Waals surface area contributed by atoms with Gasteiger partial charge in [-0.25, -0.2) is 9.48 Å². The van der Waals surface area contributed by atoms with Gasteiger partial charge in [-0.05, 0) is 26.7 Å². The van der Waals surface area contributed by atoms with Crippen molar-refractivity contribution in [3.05, 3.63) is 11.4 Å². The van der Waals surface area contributed by atoms with E-state index in [1.165, 1.54) is 0 Å². The molecule has 2 heterocycles. The summed E-state index contributed by atoms with van der Waals surface area (Å²) in [5, 5.41) is 16.7. The molecular formula is C10H15N3O3. The van der Waals surface area contributed by atoms with Crippen molar-refractivity contribution < 1.29 is 14.6 Å². The van der Waals surface area contributed by atoms with Crippen molar-refractivity contribution >= 4 is 5.97 Å². The van der Waals surface area contributed by atoms with E-state index in [1.54, 1.807) is 4.68 Å². The lowest BCUT2D eigenvalue weighted by atomic mass is 10.1. The van der Waals surface area contributed by atoms with Gasteiger partial charge in [0.15, 0.2) is 5.69 Å². The van der Waals surface area contributed by atoms with Crippen molar-refractivity contribution in [3.63, 3.8) is 0 Å².